The third-order valence-electron chi connectivity index (χ3n) is 1.94. The number of alkyl halides is 1. The van der Waals surface area contributed by atoms with Crippen molar-refractivity contribution in [2.45, 2.75) is 12.5 Å². The molecule has 1 saturated heterocycles. The van der Waals surface area contributed by atoms with Gasteiger partial charge in [0.2, 0.25) is 0 Å². The molecule has 0 bridgehead atoms. The van der Waals surface area contributed by atoms with E-state index in [0.29, 0.717) is 25.3 Å². The topological polar surface area (TPSA) is 79.4 Å². The predicted octanol–water partition coefficient (Wildman–Crippen LogP) is 0.372. The lowest BCUT2D eigenvalue weighted by Gasteiger charge is -2.16. The van der Waals surface area contributed by atoms with Crippen LogP contribution in [0.4, 0.5) is 4.79 Å². The number of nitrogens with zero attached hydrogens (tertiary/aromatic N) is 1. The highest BCUT2D eigenvalue weighted by Gasteiger charge is 2.25. The SMILES string of the molecule is N=C(CCl)N1CC[C@@H](OC(N)=O)C1. The van der Waals surface area contributed by atoms with Crippen molar-refractivity contribution in [2.24, 2.45) is 5.73 Å². The van der Waals surface area contributed by atoms with Crippen molar-refractivity contribution in [1.29, 1.82) is 5.41 Å². The molecule has 1 atom stereocenters. The molecule has 1 aliphatic rings. The van der Waals surface area contributed by atoms with Crippen molar-refractivity contribution >= 4 is 23.5 Å². The number of rotatable bonds is 2. The first-order chi connectivity index (χ1) is 6.13. The van der Waals surface area contributed by atoms with Gasteiger partial charge in [-0.25, -0.2) is 4.79 Å². The van der Waals surface area contributed by atoms with Gasteiger partial charge in [-0.1, -0.05) is 0 Å². The minimum atomic E-state index is -0.760. The van der Waals surface area contributed by atoms with Crippen molar-refractivity contribution < 1.29 is 9.53 Å². The van der Waals surface area contributed by atoms with Gasteiger partial charge in [0.25, 0.3) is 0 Å². The summed E-state index contributed by atoms with van der Waals surface area (Å²) in [6, 6.07) is 0. The summed E-state index contributed by atoms with van der Waals surface area (Å²) < 4.78 is 4.79. The molecule has 0 spiro atoms. The molecule has 0 aliphatic carbocycles. The molecule has 0 aromatic carbocycles. The molecule has 1 rings (SSSR count). The summed E-state index contributed by atoms with van der Waals surface area (Å²) in [6.45, 7) is 1.22. The number of carbonyl (C=O) groups is 1. The molecule has 0 aromatic heterocycles. The largest absolute Gasteiger partial charge is 0.444 e. The molecule has 1 aliphatic heterocycles. The number of ether oxygens (including phenoxy) is 1. The minimum absolute atomic E-state index is 0.184. The molecule has 1 fully saturated rings. The summed E-state index contributed by atoms with van der Waals surface area (Å²) in [5.41, 5.74) is 4.87. The summed E-state index contributed by atoms with van der Waals surface area (Å²) in [4.78, 5) is 12.2. The molecule has 5 nitrogen and oxygen atoms in total. The first-order valence-electron chi connectivity index (χ1n) is 3.98. The van der Waals surface area contributed by atoms with Crippen molar-refractivity contribution in [2.75, 3.05) is 19.0 Å². The Morgan fingerprint density at radius 2 is 2.46 bits per heavy atom. The number of nitrogens with one attached hydrogen (secondary N) is 1. The molecule has 74 valence electrons. The van der Waals surface area contributed by atoms with Crippen LogP contribution >= 0.6 is 11.6 Å². The van der Waals surface area contributed by atoms with Crippen molar-refractivity contribution in [1.82, 2.24) is 4.90 Å². The maximum atomic E-state index is 10.4. The van der Waals surface area contributed by atoms with Crippen molar-refractivity contribution in [3.8, 4) is 0 Å². The van der Waals surface area contributed by atoms with Crippen LogP contribution in [0.2, 0.25) is 0 Å². The van der Waals surface area contributed by atoms with Gasteiger partial charge in [0, 0.05) is 13.0 Å². The Morgan fingerprint density at radius 3 is 3.00 bits per heavy atom. The quantitative estimate of drug-likeness (QED) is 0.388. The van der Waals surface area contributed by atoms with Crippen molar-refractivity contribution in [3.63, 3.8) is 0 Å². The second-order valence-corrected chi connectivity index (χ2v) is 3.14. The van der Waals surface area contributed by atoms with Crippen LogP contribution in [0.3, 0.4) is 0 Å². The number of amides is 1. The number of hydrogen-bond donors (Lipinski definition) is 2. The molecule has 1 amide bonds. The van der Waals surface area contributed by atoms with E-state index in [1.807, 2.05) is 0 Å². The zero-order chi connectivity index (χ0) is 9.84. The van der Waals surface area contributed by atoms with Crippen LogP contribution < -0.4 is 5.73 Å². The van der Waals surface area contributed by atoms with Crippen LogP contribution in [0.1, 0.15) is 6.42 Å². The van der Waals surface area contributed by atoms with E-state index in [2.05, 4.69) is 0 Å². The lowest BCUT2D eigenvalue weighted by molar-refractivity contribution is 0.113. The first-order valence-corrected chi connectivity index (χ1v) is 4.51. The highest BCUT2D eigenvalue weighted by molar-refractivity contribution is 6.27. The Balaban J connectivity index is 2.36. The van der Waals surface area contributed by atoms with E-state index in [-0.39, 0.29) is 12.0 Å². The predicted molar refractivity (Wildman–Crippen MR) is 49.1 cm³/mol. The van der Waals surface area contributed by atoms with Gasteiger partial charge in [0.1, 0.15) is 11.9 Å². The van der Waals surface area contributed by atoms with Gasteiger partial charge in [-0.05, 0) is 0 Å². The fourth-order valence-corrected chi connectivity index (χ4v) is 1.49. The number of halogens is 1. The van der Waals surface area contributed by atoms with Crippen LogP contribution in [-0.4, -0.2) is 41.9 Å². The van der Waals surface area contributed by atoms with E-state index in [1.165, 1.54) is 0 Å². The van der Waals surface area contributed by atoms with E-state index in [4.69, 9.17) is 27.5 Å². The van der Waals surface area contributed by atoms with Crippen LogP contribution in [0, 0.1) is 5.41 Å². The molecular formula is C7H12ClN3O2. The molecule has 0 aromatic rings. The zero-order valence-electron chi connectivity index (χ0n) is 7.12. The second-order valence-electron chi connectivity index (χ2n) is 2.87. The number of hydrogen-bond acceptors (Lipinski definition) is 3. The van der Waals surface area contributed by atoms with Crippen LogP contribution in [-0.2, 0) is 4.74 Å². The monoisotopic (exact) mass is 205 g/mol. The Labute approximate surface area is 81.3 Å². The van der Waals surface area contributed by atoms with Crippen LogP contribution in [0.15, 0.2) is 0 Å². The van der Waals surface area contributed by atoms with E-state index >= 15 is 0 Å². The Bertz CT molecular complexity index is 222. The number of likely N-dealkylation sites (tertiary alicyclic amines) is 1. The number of primary amides is 1. The molecule has 6 heteroatoms. The summed E-state index contributed by atoms with van der Waals surface area (Å²) in [5, 5.41) is 7.43. The van der Waals surface area contributed by atoms with E-state index in [0.717, 1.165) is 0 Å². The molecule has 1 heterocycles. The van der Waals surface area contributed by atoms with Gasteiger partial charge < -0.3 is 15.4 Å². The summed E-state index contributed by atoms with van der Waals surface area (Å²) >= 11 is 5.49. The van der Waals surface area contributed by atoms with Gasteiger partial charge >= 0.3 is 6.09 Å². The molecule has 0 saturated carbocycles. The molecule has 3 N–H and O–H groups in total. The first kappa shape index (κ1) is 10.1. The fourth-order valence-electron chi connectivity index (χ4n) is 1.32. The van der Waals surface area contributed by atoms with Gasteiger partial charge in [-0.2, -0.15) is 0 Å². The normalized spacial score (nSPS) is 21.6. The van der Waals surface area contributed by atoms with Crippen LogP contribution in [0.25, 0.3) is 0 Å². The van der Waals surface area contributed by atoms with Crippen molar-refractivity contribution in [3.05, 3.63) is 0 Å². The Hall–Kier alpha value is -0.970. The average molecular weight is 206 g/mol. The minimum Gasteiger partial charge on any atom is -0.444 e. The third kappa shape index (κ3) is 2.77. The summed E-state index contributed by atoms with van der Waals surface area (Å²) in [5.74, 6) is 0.542. The summed E-state index contributed by atoms with van der Waals surface area (Å²) in [6.07, 6.45) is -0.243. The lowest BCUT2D eigenvalue weighted by Crippen LogP contribution is -2.31. The molecule has 0 unspecified atom stereocenters. The summed E-state index contributed by atoms with van der Waals surface area (Å²) in [7, 11) is 0. The Kier molecular flexibility index (Phi) is 3.36. The van der Waals surface area contributed by atoms with E-state index < -0.39 is 6.09 Å². The smallest absolute Gasteiger partial charge is 0.404 e. The highest BCUT2D eigenvalue weighted by atomic mass is 35.5. The number of carbonyl (C=O) groups excluding carboxylic acids is 1. The standard InChI is InChI=1S/C7H12ClN3O2/c8-3-6(9)11-2-1-5(4-11)13-7(10)12/h5,9H,1-4H2,(H2,10,12)/t5-/m1/s1. The molecule has 0 radical (unpaired) electrons. The van der Waals surface area contributed by atoms with Gasteiger partial charge in [0.15, 0.2) is 0 Å². The van der Waals surface area contributed by atoms with E-state index in [9.17, 15) is 4.79 Å². The lowest BCUT2D eigenvalue weighted by atomic mass is 10.3. The van der Waals surface area contributed by atoms with Gasteiger partial charge in [-0.3, -0.25) is 5.41 Å². The molecule has 13 heavy (non-hydrogen) atoms. The average Bonchev–Trinajstić information content (AvgIpc) is 2.50. The maximum absolute atomic E-state index is 10.4. The maximum Gasteiger partial charge on any atom is 0.404 e. The molecular weight excluding hydrogens is 194 g/mol. The fraction of sp³-hybridized carbons (Fsp3) is 0.714. The second kappa shape index (κ2) is 4.32. The highest BCUT2D eigenvalue weighted by Crippen LogP contribution is 2.12. The number of amidine groups is 1. The van der Waals surface area contributed by atoms with E-state index in [1.54, 1.807) is 4.90 Å². The Morgan fingerprint density at radius 1 is 1.77 bits per heavy atom. The third-order valence-corrected chi connectivity index (χ3v) is 2.19. The zero-order valence-corrected chi connectivity index (χ0v) is 7.88. The van der Waals surface area contributed by atoms with Gasteiger partial charge in [-0.15, -0.1) is 11.6 Å². The number of nitrogens with two attached hydrogens (primary N) is 1. The van der Waals surface area contributed by atoms with Crippen LogP contribution in [0.5, 0.6) is 0 Å². The van der Waals surface area contributed by atoms with Gasteiger partial charge in [0.05, 0.1) is 12.4 Å².